The van der Waals surface area contributed by atoms with Gasteiger partial charge in [0.2, 0.25) is 0 Å². The first-order valence-electron chi connectivity index (χ1n) is 6.55. The minimum absolute atomic E-state index is 0.180. The van der Waals surface area contributed by atoms with Gasteiger partial charge in [0.1, 0.15) is 23.4 Å². The number of methoxy groups -OCH3 is 1. The molecule has 21 heavy (non-hydrogen) atoms. The van der Waals surface area contributed by atoms with Crippen LogP contribution >= 0.6 is 0 Å². The molecule has 1 N–H and O–H groups in total. The van der Waals surface area contributed by atoms with Gasteiger partial charge in [0.25, 0.3) is 0 Å². The van der Waals surface area contributed by atoms with Crippen LogP contribution in [0.25, 0.3) is 10.9 Å². The second-order valence-electron chi connectivity index (χ2n) is 4.82. The molecule has 0 saturated heterocycles. The number of para-hydroxylation sites is 1. The summed E-state index contributed by atoms with van der Waals surface area (Å²) < 4.78 is 20.7. The lowest BCUT2D eigenvalue weighted by molar-refractivity contribution is 0.210. The number of ether oxygens (including phenoxy) is 1. The zero-order valence-corrected chi connectivity index (χ0v) is 11.7. The predicted octanol–water partition coefficient (Wildman–Crippen LogP) is 2.80. The van der Waals surface area contributed by atoms with E-state index >= 15 is 0 Å². The van der Waals surface area contributed by atoms with Crippen molar-refractivity contribution in [2.75, 3.05) is 7.11 Å². The van der Waals surface area contributed by atoms with Gasteiger partial charge >= 0.3 is 0 Å². The third kappa shape index (κ3) is 2.25. The first-order chi connectivity index (χ1) is 10.1. The molecule has 0 spiro atoms. The first-order valence-corrected chi connectivity index (χ1v) is 6.55. The summed E-state index contributed by atoms with van der Waals surface area (Å²) in [5.41, 5.74) is 1.51. The Morgan fingerprint density at radius 2 is 2.00 bits per heavy atom. The number of halogens is 1. The third-order valence-corrected chi connectivity index (χ3v) is 3.55. The average Bonchev–Trinajstić information content (AvgIpc) is 2.84. The Balaban J connectivity index is 2.10. The first kappa shape index (κ1) is 13.6. The molecule has 0 fully saturated rings. The van der Waals surface area contributed by atoms with Crippen molar-refractivity contribution in [3.8, 4) is 5.75 Å². The van der Waals surface area contributed by atoms with Crippen molar-refractivity contribution in [2.45, 2.75) is 6.10 Å². The van der Waals surface area contributed by atoms with Crippen LogP contribution in [0.2, 0.25) is 0 Å². The second-order valence-corrected chi connectivity index (χ2v) is 4.82. The van der Waals surface area contributed by atoms with Crippen LogP contribution in [0.1, 0.15) is 17.4 Å². The van der Waals surface area contributed by atoms with E-state index < -0.39 is 11.9 Å². The van der Waals surface area contributed by atoms with Gasteiger partial charge in [0.05, 0.1) is 12.6 Å². The van der Waals surface area contributed by atoms with Crippen molar-refractivity contribution >= 4 is 10.9 Å². The van der Waals surface area contributed by atoms with Crippen molar-refractivity contribution in [1.29, 1.82) is 0 Å². The van der Waals surface area contributed by atoms with Gasteiger partial charge < -0.3 is 9.84 Å². The summed E-state index contributed by atoms with van der Waals surface area (Å²) in [5.74, 6) is -0.106. The average molecular weight is 286 g/mol. The van der Waals surface area contributed by atoms with E-state index in [1.54, 1.807) is 17.8 Å². The molecule has 4 nitrogen and oxygen atoms in total. The van der Waals surface area contributed by atoms with Gasteiger partial charge in [-0.1, -0.05) is 18.2 Å². The van der Waals surface area contributed by atoms with Gasteiger partial charge in [-0.15, -0.1) is 0 Å². The quantitative estimate of drug-likeness (QED) is 0.805. The molecule has 108 valence electrons. The highest BCUT2D eigenvalue weighted by Gasteiger charge is 2.21. The minimum atomic E-state index is -1.12. The maximum Gasteiger partial charge on any atom is 0.133 e. The molecule has 3 rings (SSSR count). The third-order valence-electron chi connectivity index (χ3n) is 3.55. The Bertz CT molecular complexity index is 798. The molecule has 0 saturated carbocycles. The summed E-state index contributed by atoms with van der Waals surface area (Å²) in [6, 6.07) is 11.9. The van der Waals surface area contributed by atoms with Gasteiger partial charge in [-0.05, 0) is 18.2 Å². The molecule has 0 aliphatic carbocycles. The van der Waals surface area contributed by atoms with E-state index in [1.807, 2.05) is 24.3 Å². The van der Waals surface area contributed by atoms with Crippen molar-refractivity contribution in [2.24, 2.45) is 7.05 Å². The second kappa shape index (κ2) is 5.18. The fourth-order valence-electron chi connectivity index (χ4n) is 2.45. The summed E-state index contributed by atoms with van der Waals surface area (Å²) in [4.78, 5) is 0. The van der Waals surface area contributed by atoms with Crippen LogP contribution in [0.15, 0.2) is 42.5 Å². The number of nitrogens with zero attached hydrogens (tertiary/aromatic N) is 2. The molecular weight excluding hydrogens is 271 g/mol. The molecule has 1 unspecified atom stereocenters. The van der Waals surface area contributed by atoms with Crippen molar-refractivity contribution in [3.05, 3.63) is 59.5 Å². The van der Waals surface area contributed by atoms with Gasteiger partial charge in [-0.25, -0.2) is 4.39 Å². The Morgan fingerprint density at radius 1 is 1.24 bits per heavy atom. The molecule has 0 radical (unpaired) electrons. The van der Waals surface area contributed by atoms with Crippen LogP contribution in [-0.2, 0) is 7.05 Å². The minimum Gasteiger partial charge on any atom is -0.497 e. The van der Waals surface area contributed by atoms with E-state index in [4.69, 9.17) is 4.74 Å². The topological polar surface area (TPSA) is 47.3 Å². The lowest BCUT2D eigenvalue weighted by Crippen LogP contribution is -2.05. The molecule has 0 amide bonds. The number of aliphatic hydroxyl groups is 1. The van der Waals surface area contributed by atoms with E-state index in [0.29, 0.717) is 11.4 Å². The molecule has 0 aliphatic rings. The largest absolute Gasteiger partial charge is 0.497 e. The van der Waals surface area contributed by atoms with Gasteiger partial charge in [-0.3, -0.25) is 4.68 Å². The van der Waals surface area contributed by atoms with Gasteiger partial charge in [0, 0.05) is 24.1 Å². The molecular formula is C16H15FN2O2. The highest BCUT2D eigenvalue weighted by molar-refractivity contribution is 5.82. The van der Waals surface area contributed by atoms with Crippen molar-refractivity contribution in [1.82, 2.24) is 9.78 Å². The van der Waals surface area contributed by atoms with Crippen LogP contribution < -0.4 is 4.74 Å². The molecule has 1 aromatic heterocycles. The van der Waals surface area contributed by atoms with Crippen molar-refractivity contribution in [3.63, 3.8) is 0 Å². The zero-order chi connectivity index (χ0) is 15.0. The molecule has 5 heteroatoms. The Labute approximate surface area is 121 Å². The maximum absolute atomic E-state index is 14.1. The smallest absolute Gasteiger partial charge is 0.133 e. The Hall–Kier alpha value is -2.40. The summed E-state index contributed by atoms with van der Waals surface area (Å²) in [7, 11) is 3.26. The summed E-state index contributed by atoms with van der Waals surface area (Å²) in [6.07, 6.45) is -1.12. The Morgan fingerprint density at radius 3 is 2.71 bits per heavy atom. The van der Waals surface area contributed by atoms with Crippen LogP contribution in [0.3, 0.4) is 0 Å². The fourth-order valence-corrected chi connectivity index (χ4v) is 2.45. The highest BCUT2D eigenvalue weighted by atomic mass is 19.1. The molecule has 0 bridgehead atoms. The van der Waals surface area contributed by atoms with Crippen molar-refractivity contribution < 1.29 is 14.2 Å². The molecule has 3 aromatic rings. The fraction of sp³-hybridized carbons (Fsp3) is 0.188. The SMILES string of the molecule is COc1ccc(C(O)c2nn(C)c3ccccc23)c(F)c1. The summed E-state index contributed by atoms with van der Waals surface area (Å²) >= 11 is 0. The number of rotatable bonds is 3. The lowest BCUT2D eigenvalue weighted by atomic mass is 10.0. The van der Waals surface area contributed by atoms with Gasteiger partial charge in [0.15, 0.2) is 0 Å². The van der Waals surface area contributed by atoms with Crippen LogP contribution in [0, 0.1) is 5.82 Å². The van der Waals surface area contributed by atoms with Crippen LogP contribution in [0.5, 0.6) is 5.75 Å². The molecule has 0 aliphatic heterocycles. The number of hydrogen-bond donors (Lipinski definition) is 1. The predicted molar refractivity (Wildman–Crippen MR) is 77.7 cm³/mol. The molecule has 1 heterocycles. The number of aliphatic hydroxyl groups excluding tert-OH is 1. The Kier molecular flexibility index (Phi) is 3.35. The van der Waals surface area contributed by atoms with E-state index in [2.05, 4.69) is 5.10 Å². The van der Waals surface area contributed by atoms with E-state index in [-0.39, 0.29) is 5.56 Å². The number of benzene rings is 2. The van der Waals surface area contributed by atoms with E-state index in [0.717, 1.165) is 10.9 Å². The lowest BCUT2D eigenvalue weighted by Gasteiger charge is -2.11. The normalized spacial score (nSPS) is 12.6. The van der Waals surface area contributed by atoms with Gasteiger partial charge in [-0.2, -0.15) is 5.10 Å². The monoisotopic (exact) mass is 286 g/mol. The van der Waals surface area contributed by atoms with E-state index in [9.17, 15) is 9.50 Å². The number of hydrogen-bond acceptors (Lipinski definition) is 3. The summed E-state index contributed by atoms with van der Waals surface area (Å²) in [5, 5.41) is 15.6. The standard InChI is InChI=1S/C16H15FN2O2/c1-19-14-6-4-3-5-12(14)15(18-19)16(20)11-8-7-10(21-2)9-13(11)17/h3-9,16,20H,1-2H3. The highest BCUT2D eigenvalue weighted by Crippen LogP contribution is 2.30. The molecule has 1 atom stereocenters. The van der Waals surface area contributed by atoms with Crippen LogP contribution in [-0.4, -0.2) is 22.0 Å². The number of aryl methyl sites for hydroxylation is 1. The summed E-state index contributed by atoms with van der Waals surface area (Å²) in [6.45, 7) is 0. The number of fused-ring (bicyclic) bond motifs is 1. The van der Waals surface area contributed by atoms with E-state index in [1.165, 1.54) is 19.2 Å². The molecule has 2 aromatic carbocycles. The zero-order valence-electron chi connectivity index (χ0n) is 11.7. The number of aromatic nitrogens is 2. The maximum atomic E-state index is 14.1. The van der Waals surface area contributed by atoms with Crippen LogP contribution in [0.4, 0.5) is 4.39 Å².